The molecule has 0 aliphatic carbocycles. The Hall–Kier alpha value is -1.30. The molecule has 0 N–H and O–H groups in total. The Labute approximate surface area is 85.6 Å². The van der Waals surface area contributed by atoms with E-state index in [0.29, 0.717) is 0 Å². The summed E-state index contributed by atoms with van der Waals surface area (Å²) in [6.07, 6.45) is 0. The molecule has 72 valence electrons. The summed E-state index contributed by atoms with van der Waals surface area (Å²) in [5, 5.41) is 2.83. The van der Waals surface area contributed by atoms with Crippen LogP contribution in [0.5, 0.6) is 0 Å². The smallest absolute Gasteiger partial charge is 0.0120 e. The number of hydrogen-bond acceptors (Lipinski definition) is 0. The first-order valence-electron chi connectivity index (χ1n) is 5.07. The minimum Gasteiger partial charge on any atom is -0.0614 e. The van der Waals surface area contributed by atoms with Gasteiger partial charge in [0.25, 0.3) is 0 Å². The first-order chi connectivity index (χ1) is 6.61. The average molecular weight is 184 g/mol. The normalized spacial score (nSPS) is 10.9. The van der Waals surface area contributed by atoms with Gasteiger partial charge < -0.3 is 0 Å². The topological polar surface area (TPSA) is 0 Å². The van der Waals surface area contributed by atoms with Gasteiger partial charge in [0, 0.05) is 0 Å². The van der Waals surface area contributed by atoms with Crippen LogP contribution in [0.15, 0.2) is 24.3 Å². The van der Waals surface area contributed by atoms with Crippen LogP contribution in [-0.2, 0) is 0 Å². The first-order valence-corrected chi connectivity index (χ1v) is 5.07. The molecular formula is C14H16. The molecule has 0 unspecified atom stereocenters. The van der Waals surface area contributed by atoms with Gasteiger partial charge in [-0.3, -0.25) is 0 Å². The van der Waals surface area contributed by atoms with E-state index in [9.17, 15) is 0 Å². The van der Waals surface area contributed by atoms with Gasteiger partial charge in [-0.05, 0) is 60.7 Å². The molecule has 0 saturated heterocycles. The third kappa shape index (κ3) is 1.22. The van der Waals surface area contributed by atoms with E-state index in [1.807, 2.05) is 0 Å². The maximum atomic E-state index is 2.27. The molecule has 14 heavy (non-hydrogen) atoms. The summed E-state index contributed by atoms with van der Waals surface area (Å²) < 4.78 is 0. The summed E-state index contributed by atoms with van der Waals surface area (Å²) in [6, 6.07) is 8.81. The van der Waals surface area contributed by atoms with Crippen LogP contribution in [0.2, 0.25) is 0 Å². The SMILES string of the molecule is Cc1cc(C)c2cccc(C)c2c1C. The first kappa shape index (κ1) is 9.26. The van der Waals surface area contributed by atoms with Gasteiger partial charge >= 0.3 is 0 Å². The Bertz CT molecular complexity index is 493. The zero-order chi connectivity index (χ0) is 10.3. The molecule has 2 aromatic rings. The Morgan fingerprint density at radius 2 is 1.50 bits per heavy atom. The number of fused-ring (bicyclic) bond motifs is 1. The lowest BCUT2D eigenvalue weighted by molar-refractivity contribution is 1.33. The minimum atomic E-state index is 1.38. The summed E-state index contributed by atoms with van der Waals surface area (Å²) >= 11 is 0. The highest BCUT2D eigenvalue weighted by atomic mass is 14.1. The van der Waals surface area contributed by atoms with Crippen molar-refractivity contribution in [2.24, 2.45) is 0 Å². The van der Waals surface area contributed by atoms with E-state index in [2.05, 4.69) is 52.0 Å². The van der Waals surface area contributed by atoms with Gasteiger partial charge in [-0.25, -0.2) is 0 Å². The molecule has 0 nitrogen and oxygen atoms in total. The molecule has 2 rings (SSSR count). The molecule has 0 aromatic heterocycles. The van der Waals surface area contributed by atoms with E-state index in [0.717, 1.165) is 0 Å². The fourth-order valence-corrected chi connectivity index (χ4v) is 2.20. The van der Waals surface area contributed by atoms with Gasteiger partial charge in [-0.2, -0.15) is 0 Å². The van der Waals surface area contributed by atoms with Gasteiger partial charge in [0.15, 0.2) is 0 Å². The van der Waals surface area contributed by atoms with E-state index < -0.39 is 0 Å². The van der Waals surface area contributed by atoms with E-state index in [1.165, 1.54) is 33.0 Å². The maximum Gasteiger partial charge on any atom is -0.0120 e. The van der Waals surface area contributed by atoms with Crippen molar-refractivity contribution in [1.29, 1.82) is 0 Å². The summed E-state index contributed by atoms with van der Waals surface area (Å²) in [7, 11) is 0. The fourth-order valence-electron chi connectivity index (χ4n) is 2.20. The van der Waals surface area contributed by atoms with Crippen molar-refractivity contribution in [2.75, 3.05) is 0 Å². The molecule has 0 atom stereocenters. The van der Waals surface area contributed by atoms with E-state index in [1.54, 1.807) is 0 Å². The Morgan fingerprint density at radius 1 is 0.786 bits per heavy atom. The highest BCUT2D eigenvalue weighted by Gasteiger charge is 2.05. The van der Waals surface area contributed by atoms with E-state index >= 15 is 0 Å². The quantitative estimate of drug-likeness (QED) is 0.579. The standard InChI is InChI=1S/C14H16/c1-9-6-5-7-13-11(3)8-10(2)12(4)14(9)13/h5-8H,1-4H3. The summed E-state index contributed by atoms with van der Waals surface area (Å²) in [4.78, 5) is 0. The van der Waals surface area contributed by atoms with Gasteiger partial charge in [-0.1, -0.05) is 24.3 Å². The zero-order valence-corrected chi connectivity index (χ0v) is 9.31. The summed E-state index contributed by atoms with van der Waals surface area (Å²) in [6.45, 7) is 8.78. The highest BCUT2D eigenvalue weighted by Crippen LogP contribution is 2.27. The highest BCUT2D eigenvalue weighted by molar-refractivity contribution is 5.91. The number of hydrogen-bond donors (Lipinski definition) is 0. The van der Waals surface area contributed by atoms with Crippen molar-refractivity contribution >= 4 is 10.8 Å². The molecule has 0 heteroatoms. The average Bonchev–Trinajstić information content (AvgIpc) is 2.14. The van der Waals surface area contributed by atoms with Crippen molar-refractivity contribution in [3.05, 3.63) is 46.5 Å². The van der Waals surface area contributed by atoms with Crippen LogP contribution in [0.3, 0.4) is 0 Å². The third-order valence-corrected chi connectivity index (χ3v) is 3.10. The molecule has 0 spiro atoms. The Kier molecular flexibility index (Phi) is 2.07. The number of rotatable bonds is 0. The van der Waals surface area contributed by atoms with Gasteiger partial charge in [0.05, 0.1) is 0 Å². The van der Waals surface area contributed by atoms with E-state index in [4.69, 9.17) is 0 Å². The lowest BCUT2D eigenvalue weighted by atomic mass is 9.94. The van der Waals surface area contributed by atoms with Gasteiger partial charge in [0.2, 0.25) is 0 Å². The predicted molar refractivity (Wildman–Crippen MR) is 62.9 cm³/mol. The molecule has 0 fully saturated rings. The largest absolute Gasteiger partial charge is 0.0614 e. The zero-order valence-electron chi connectivity index (χ0n) is 9.31. The molecule has 2 aromatic carbocycles. The second kappa shape index (κ2) is 3.13. The second-order valence-corrected chi connectivity index (χ2v) is 4.13. The van der Waals surface area contributed by atoms with Gasteiger partial charge in [-0.15, -0.1) is 0 Å². The predicted octanol–water partition coefficient (Wildman–Crippen LogP) is 4.07. The number of benzene rings is 2. The lowest BCUT2D eigenvalue weighted by Crippen LogP contribution is -1.89. The molecule has 0 bridgehead atoms. The molecule has 0 heterocycles. The Morgan fingerprint density at radius 3 is 2.21 bits per heavy atom. The molecule has 0 aliphatic rings. The summed E-state index contributed by atoms with van der Waals surface area (Å²) in [5.41, 5.74) is 5.58. The van der Waals surface area contributed by atoms with Crippen LogP contribution >= 0.6 is 0 Å². The molecule has 0 saturated carbocycles. The van der Waals surface area contributed by atoms with Crippen LogP contribution in [0.25, 0.3) is 10.8 Å². The minimum absolute atomic E-state index is 1.38. The monoisotopic (exact) mass is 184 g/mol. The van der Waals surface area contributed by atoms with Gasteiger partial charge in [0.1, 0.15) is 0 Å². The van der Waals surface area contributed by atoms with Crippen molar-refractivity contribution in [1.82, 2.24) is 0 Å². The van der Waals surface area contributed by atoms with Crippen molar-refractivity contribution in [2.45, 2.75) is 27.7 Å². The maximum absolute atomic E-state index is 2.27. The lowest BCUT2D eigenvalue weighted by Gasteiger charge is -2.11. The van der Waals surface area contributed by atoms with Crippen LogP contribution in [0.4, 0.5) is 0 Å². The van der Waals surface area contributed by atoms with E-state index in [-0.39, 0.29) is 0 Å². The van der Waals surface area contributed by atoms with Crippen LogP contribution < -0.4 is 0 Å². The molecule has 0 radical (unpaired) electrons. The van der Waals surface area contributed by atoms with Crippen LogP contribution in [0, 0.1) is 27.7 Å². The molecular weight excluding hydrogens is 168 g/mol. The van der Waals surface area contributed by atoms with Crippen LogP contribution in [-0.4, -0.2) is 0 Å². The fraction of sp³-hybridized carbons (Fsp3) is 0.286. The van der Waals surface area contributed by atoms with Crippen LogP contribution in [0.1, 0.15) is 22.3 Å². The molecule has 0 aliphatic heterocycles. The van der Waals surface area contributed by atoms with Crippen molar-refractivity contribution in [3.8, 4) is 0 Å². The number of aryl methyl sites for hydroxylation is 4. The van der Waals surface area contributed by atoms with Crippen molar-refractivity contribution in [3.63, 3.8) is 0 Å². The Balaban J connectivity index is 3.03. The third-order valence-electron chi connectivity index (χ3n) is 3.10. The van der Waals surface area contributed by atoms with Crippen molar-refractivity contribution < 1.29 is 0 Å². The summed E-state index contributed by atoms with van der Waals surface area (Å²) in [5.74, 6) is 0. The second-order valence-electron chi connectivity index (χ2n) is 4.13. The molecule has 0 amide bonds.